The van der Waals surface area contributed by atoms with Crippen LogP contribution in [0.3, 0.4) is 0 Å². The Morgan fingerprint density at radius 1 is 1.26 bits per heavy atom. The third-order valence-electron chi connectivity index (χ3n) is 3.09. The summed E-state index contributed by atoms with van der Waals surface area (Å²) in [6, 6.07) is 0. The minimum Gasteiger partial charge on any atom is -0.303 e. The molecule has 0 atom stereocenters. The largest absolute Gasteiger partial charge is 0.456 e. The van der Waals surface area contributed by atoms with Gasteiger partial charge in [-0.3, -0.25) is 9.48 Å². The Bertz CT molecular complexity index is 437. The van der Waals surface area contributed by atoms with Gasteiger partial charge in [-0.15, -0.1) is 5.10 Å². The first kappa shape index (κ1) is 14.0. The van der Waals surface area contributed by atoms with E-state index in [0.717, 1.165) is 32.3 Å². The molecule has 0 saturated carbocycles. The van der Waals surface area contributed by atoms with Crippen LogP contribution in [0.15, 0.2) is 6.20 Å². The second kappa shape index (κ2) is 5.68. The highest BCUT2D eigenvalue weighted by atomic mass is 19.4. The molecule has 0 unspecified atom stereocenters. The van der Waals surface area contributed by atoms with Gasteiger partial charge in [-0.2, -0.15) is 13.2 Å². The third-order valence-corrected chi connectivity index (χ3v) is 3.09. The molecule has 19 heavy (non-hydrogen) atoms. The highest BCUT2D eigenvalue weighted by Gasteiger charge is 2.41. The zero-order valence-electron chi connectivity index (χ0n) is 10.4. The van der Waals surface area contributed by atoms with E-state index in [1.165, 1.54) is 17.5 Å². The predicted molar refractivity (Wildman–Crippen MR) is 60.7 cm³/mol. The quantitative estimate of drug-likeness (QED) is 0.765. The molecule has 8 heteroatoms. The van der Waals surface area contributed by atoms with Crippen molar-refractivity contribution in [3.63, 3.8) is 0 Å². The summed E-state index contributed by atoms with van der Waals surface area (Å²) in [4.78, 5) is 13.2. The van der Waals surface area contributed by atoms with Crippen molar-refractivity contribution in [2.75, 3.05) is 19.6 Å². The van der Waals surface area contributed by atoms with E-state index in [4.69, 9.17) is 0 Å². The molecule has 2 heterocycles. The molecular formula is C11H15F3N4O. The molecule has 0 N–H and O–H groups in total. The lowest BCUT2D eigenvalue weighted by molar-refractivity contribution is -0.0888. The molecule has 1 aliphatic rings. The van der Waals surface area contributed by atoms with Crippen molar-refractivity contribution >= 4 is 5.78 Å². The van der Waals surface area contributed by atoms with E-state index in [-0.39, 0.29) is 0 Å². The van der Waals surface area contributed by atoms with Gasteiger partial charge in [0.2, 0.25) is 0 Å². The molecule has 1 aliphatic heterocycles. The number of hydrogen-bond acceptors (Lipinski definition) is 4. The van der Waals surface area contributed by atoms with Gasteiger partial charge in [-0.1, -0.05) is 5.21 Å². The van der Waals surface area contributed by atoms with Gasteiger partial charge < -0.3 is 4.90 Å². The van der Waals surface area contributed by atoms with E-state index in [1.807, 2.05) is 0 Å². The molecule has 0 bridgehead atoms. The Balaban J connectivity index is 1.82. The fourth-order valence-corrected chi connectivity index (χ4v) is 2.12. The minimum atomic E-state index is -4.89. The summed E-state index contributed by atoms with van der Waals surface area (Å²) in [6.45, 7) is 3.52. The first-order valence-corrected chi connectivity index (χ1v) is 6.21. The molecular weight excluding hydrogens is 261 g/mol. The summed E-state index contributed by atoms with van der Waals surface area (Å²) in [5.74, 6) is -1.95. The third kappa shape index (κ3) is 3.76. The van der Waals surface area contributed by atoms with Crippen LogP contribution in [-0.4, -0.2) is 51.5 Å². The summed E-state index contributed by atoms with van der Waals surface area (Å²) in [5.41, 5.74) is -0.645. The van der Waals surface area contributed by atoms with Crippen molar-refractivity contribution in [2.24, 2.45) is 0 Å². The van der Waals surface area contributed by atoms with Gasteiger partial charge in [0, 0.05) is 6.54 Å². The van der Waals surface area contributed by atoms with E-state index in [0.29, 0.717) is 6.54 Å². The van der Waals surface area contributed by atoms with Crippen LogP contribution in [-0.2, 0) is 6.54 Å². The summed E-state index contributed by atoms with van der Waals surface area (Å²) in [5, 5.41) is 6.81. The van der Waals surface area contributed by atoms with Gasteiger partial charge in [0.15, 0.2) is 5.69 Å². The van der Waals surface area contributed by atoms with Crippen LogP contribution in [0.2, 0.25) is 0 Å². The van der Waals surface area contributed by atoms with Crippen molar-refractivity contribution in [2.45, 2.75) is 32.0 Å². The fourth-order valence-electron chi connectivity index (χ4n) is 2.12. The van der Waals surface area contributed by atoms with Gasteiger partial charge >= 0.3 is 6.18 Å². The van der Waals surface area contributed by atoms with Crippen molar-refractivity contribution in [1.29, 1.82) is 0 Å². The second-order valence-corrected chi connectivity index (χ2v) is 4.60. The Morgan fingerprint density at radius 3 is 2.58 bits per heavy atom. The lowest BCUT2D eigenvalue weighted by Crippen LogP contribution is -2.23. The number of alkyl halides is 3. The number of nitrogens with zero attached hydrogens (tertiary/aromatic N) is 4. The number of rotatable bonds is 5. The second-order valence-electron chi connectivity index (χ2n) is 4.60. The maximum Gasteiger partial charge on any atom is 0.456 e. The number of ketones is 1. The van der Waals surface area contributed by atoms with E-state index in [9.17, 15) is 18.0 Å². The maximum absolute atomic E-state index is 12.2. The molecule has 1 saturated heterocycles. The number of aryl methyl sites for hydroxylation is 1. The Morgan fingerprint density at radius 2 is 1.95 bits per heavy atom. The van der Waals surface area contributed by atoms with Crippen LogP contribution >= 0.6 is 0 Å². The van der Waals surface area contributed by atoms with Crippen LogP contribution in [0.1, 0.15) is 29.8 Å². The van der Waals surface area contributed by atoms with Crippen molar-refractivity contribution in [3.05, 3.63) is 11.9 Å². The number of carbonyl (C=O) groups excluding carboxylic acids is 1. The Kier molecular flexibility index (Phi) is 4.18. The Labute approximate surface area is 108 Å². The summed E-state index contributed by atoms with van der Waals surface area (Å²) < 4.78 is 37.8. The molecule has 1 aromatic heterocycles. The van der Waals surface area contributed by atoms with Gasteiger partial charge in [-0.05, 0) is 38.9 Å². The predicted octanol–water partition coefficient (Wildman–Crippen LogP) is 1.51. The van der Waals surface area contributed by atoms with Crippen LogP contribution in [0, 0.1) is 0 Å². The number of carbonyl (C=O) groups is 1. The molecule has 5 nitrogen and oxygen atoms in total. The highest BCUT2D eigenvalue weighted by Crippen LogP contribution is 2.19. The zero-order chi connectivity index (χ0) is 13.9. The number of hydrogen-bond donors (Lipinski definition) is 0. The molecule has 1 aromatic rings. The smallest absolute Gasteiger partial charge is 0.303 e. The van der Waals surface area contributed by atoms with Gasteiger partial charge in [0.1, 0.15) is 0 Å². The summed E-state index contributed by atoms with van der Waals surface area (Å²) in [7, 11) is 0. The van der Waals surface area contributed by atoms with E-state index in [1.54, 1.807) is 0 Å². The van der Waals surface area contributed by atoms with Gasteiger partial charge in [0.05, 0.1) is 6.20 Å². The molecule has 0 aromatic carbocycles. The average Bonchev–Trinajstić information content (AvgIpc) is 2.97. The Hall–Kier alpha value is -1.44. The van der Waals surface area contributed by atoms with Crippen LogP contribution in [0.25, 0.3) is 0 Å². The monoisotopic (exact) mass is 276 g/mol. The number of halogens is 3. The van der Waals surface area contributed by atoms with Gasteiger partial charge in [0.25, 0.3) is 5.78 Å². The lowest BCUT2D eigenvalue weighted by atomic mass is 10.3. The number of likely N-dealkylation sites (tertiary alicyclic amines) is 1. The summed E-state index contributed by atoms with van der Waals surface area (Å²) >= 11 is 0. The molecule has 2 rings (SSSR count). The normalized spacial score (nSPS) is 17.0. The topological polar surface area (TPSA) is 51.0 Å². The first-order chi connectivity index (χ1) is 8.97. The maximum atomic E-state index is 12.2. The van der Waals surface area contributed by atoms with Gasteiger partial charge in [-0.25, -0.2) is 0 Å². The first-order valence-electron chi connectivity index (χ1n) is 6.21. The highest BCUT2D eigenvalue weighted by molar-refractivity contribution is 5.98. The number of Topliss-reactive ketones (excluding diaryl/α,β-unsaturated/α-hetero) is 1. The lowest BCUT2D eigenvalue weighted by Gasteiger charge is -2.13. The zero-order valence-corrected chi connectivity index (χ0v) is 10.4. The number of aromatic nitrogens is 3. The SMILES string of the molecule is O=C(c1cn(CCCN2CCCC2)nn1)C(F)(F)F. The van der Waals surface area contributed by atoms with Crippen LogP contribution in [0.5, 0.6) is 0 Å². The molecule has 0 amide bonds. The molecule has 106 valence electrons. The van der Waals surface area contributed by atoms with Crippen molar-refractivity contribution in [1.82, 2.24) is 19.9 Å². The standard InChI is InChI=1S/C11H15F3N4O/c12-11(13,14)10(19)9-8-18(16-15-9)7-3-6-17-4-1-2-5-17/h8H,1-7H2. The molecule has 0 radical (unpaired) electrons. The average molecular weight is 276 g/mol. The van der Waals surface area contributed by atoms with E-state index >= 15 is 0 Å². The van der Waals surface area contributed by atoms with Crippen LogP contribution < -0.4 is 0 Å². The van der Waals surface area contributed by atoms with Crippen molar-refractivity contribution < 1.29 is 18.0 Å². The fraction of sp³-hybridized carbons (Fsp3) is 0.727. The minimum absolute atomic E-state index is 0.467. The van der Waals surface area contributed by atoms with E-state index in [2.05, 4.69) is 15.2 Å². The van der Waals surface area contributed by atoms with Crippen molar-refractivity contribution in [3.8, 4) is 0 Å². The van der Waals surface area contributed by atoms with Crippen LogP contribution in [0.4, 0.5) is 13.2 Å². The molecule has 0 spiro atoms. The molecule has 1 fully saturated rings. The van der Waals surface area contributed by atoms with E-state index < -0.39 is 17.7 Å². The summed E-state index contributed by atoms with van der Waals surface area (Å²) in [6.07, 6.45) is -0.652. The molecule has 0 aliphatic carbocycles.